The summed E-state index contributed by atoms with van der Waals surface area (Å²) in [4.78, 5) is 26.2. The van der Waals surface area contributed by atoms with E-state index in [1.807, 2.05) is 0 Å². The second-order valence-corrected chi connectivity index (χ2v) is 5.10. The maximum Gasteiger partial charge on any atom is 0.311 e. The van der Waals surface area contributed by atoms with E-state index in [4.69, 9.17) is 0 Å². The number of carbonyl (C=O) groups excluding carboxylic acids is 1. The van der Waals surface area contributed by atoms with Crippen molar-refractivity contribution in [1.82, 2.24) is 4.98 Å². The number of anilines is 3. The summed E-state index contributed by atoms with van der Waals surface area (Å²) in [5.41, 5.74) is 1.17. The second-order valence-electron chi connectivity index (χ2n) is 5.10. The van der Waals surface area contributed by atoms with Gasteiger partial charge in [-0.05, 0) is 37.1 Å². The molecule has 1 aromatic carbocycles. The lowest BCUT2D eigenvalue weighted by Crippen LogP contribution is -2.13. The summed E-state index contributed by atoms with van der Waals surface area (Å²) in [6.45, 7) is 0. The molecule has 3 rings (SSSR count). The number of nitro groups is 1. The minimum absolute atomic E-state index is 0.0148. The Morgan fingerprint density at radius 3 is 2.73 bits per heavy atom. The van der Waals surface area contributed by atoms with Gasteiger partial charge in [-0.3, -0.25) is 14.9 Å². The first-order valence-electron chi connectivity index (χ1n) is 6.91. The third kappa shape index (κ3) is 3.20. The maximum absolute atomic E-state index is 11.8. The van der Waals surface area contributed by atoms with E-state index in [-0.39, 0.29) is 23.3 Å². The molecule has 0 bridgehead atoms. The van der Waals surface area contributed by atoms with Crippen LogP contribution < -0.4 is 10.6 Å². The number of benzene rings is 1. The Morgan fingerprint density at radius 1 is 1.23 bits per heavy atom. The van der Waals surface area contributed by atoms with Crippen LogP contribution in [0.15, 0.2) is 42.6 Å². The fourth-order valence-corrected chi connectivity index (χ4v) is 2.04. The molecule has 0 unspecified atom stereocenters. The molecule has 1 aromatic heterocycles. The largest absolute Gasteiger partial charge is 0.334 e. The molecule has 0 spiro atoms. The van der Waals surface area contributed by atoms with Crippen LogP contribution in [0.1, 0.15) is 12.8 Å². The van der Waals surface area contributed by atoms with Crippen LogP contribution >= 0.6 is 0 Å². The first-order valence-corrected chi connectivity index (χ1v) is 6.91. The van der Waals surface area contributed by atoms with E-state index in [0.29, 0.717) is 11.4 Å². The number of nitrogens with zero attached hydrogens (tertiary/aromatic N) is 2. The zero-order valence-electron chi connectivity index (χ0n) is 11.7. The molecular weight excluding hydrogens is 284 g/mol. The zero-order valence-corrected chi connectivity index (χ0v) is 11.7. The Hall–Kier alpha value is -2.96. The lowest BCUT2D eigenvalue weighted by atomic mass is 10.2. The molecule has 0 radical (unpaired) electrons. The van der Waals surface area contributed by atoms with Crippen LogP contribution in [0.4, 0.5) is 22.9 Å². The van der Waals surface area contributed by atoms with Crippen molar-refractivity contribution in [1.29, 1.82) is 0 Å². The van der Waals surface area contributed by atoms with Crippen molar-refractivity contribution < 1.29 is 9.72 Å². The van der Waals surface area contributed by atoms with Crippen LogP contribution in [0.25, 0.3) is 0 Å². The molecule has 112 valence electrons. The number of pyridine rings is 1. The first kappa shape index (κ1) is 14.0. The molecule has 1 amide bonds. The van der Waals surface area contributed by atoms with Crippen LogP contribution in [0.2, 0.25) is 0 Å². The summed E-state index contributed by atoms with van der Waals surface area (Å²) in [7, 11) is 0. The number of nitrogens with one attached hydrogen (secondary N) is 2. The Balaban J connectivity index is 1.78. The van der Waals surface area contributed by atoms with Gasteiger partial charge in [-0.1, -0.05) is 6.07 Å². The highest BCUT2D eigenvalue weighted by atomic mass is 16.6. The molecule has 1 saturated carbocycles. The Kier molecular flexibility index (Phi) is 3.69. The highest BCUT2D eigenvalue weighted by Gasteiger charge is 2.29. The second kappa shape index (κ2) is 5.80. The summed E-state index contributed by atoms with van der Waals surface area (Å²) in [6.07, 6.45) is 3.35. The predicted octanol–water partition coefficient (Wildman–Crippen LogP) is 3.08. The molecule has 1 fully saturated rings. The van der Waals surface area contributed by atoms with Crippen LogP contribution in [-0.2, 0) is 4.79 Å². The van der Waals surface area contributed by atoms with Gasteiger partial charge in [0.05, 0.1) is 4.92 Å². The standard InChI is InChI=1S/C15H14N4O3/c20-15(10-6-7-10)18-12-4-1-3-11(9-12)17-14-13(19(21)22)5-2-8-16-14/h1-5,8-10H,6-7H2,(H,16,17)(H,18,20). The van der Waals surface area contributed by atoms with Crippen molar-refractivity contribution >= 4 is 28.8 Å². The molecule has 0 atom stereocenters. The van der Waals surface area contributed by atoms with Crippen molar-refractivity contribution in [2.75, 3.05) is 10.6 Å². The van der Waals surface area contributed by atoms with Crippen molar-refractivity contribution in [3.05, 3.63) is 52.7 Å². The molecule has 2 N–H and O–H groups in total. The van der Waals surface area contributed by atoms with Crippen molar-refractivity contribution in [2.45, 2.75) is 12.8 Å². The van der Waals surface area contributed by atoms with Crippen LogP contribution in [0, 0.1) is 16.0 Å². The topological polar surface area (TPSA) is 97.2 Å². The number of hydrogen-bond acceptors (Lipinski definition) is 5. The zero-order chi connectivity index (χ0) is 15.5. The van der Waals surface area contributed by atoms with Crippen LogP contribution in [-0.4, -0.2) is 15.8 Å². The highest BCUT2D eigenvalue weighted by Crippen LogP contribution is 2.31. The third-order valence-corrected chi connectivity index (χ3v) is 3.32. The van der Waals surface area contributed by atoms with Gasteiger partial charge in [0.2, 0.25) is 11.7 Å². The van der Waals surface area contributed by atoms with Crippen molar-refractivity contribution in [3.8, 4) is 0 Å². The fraction of sp³-hybridized carbons (Fsp3) is 0.200. The van der Waals surface area contributed by atoms with Gasteiger partial charge in [0.1, 0.15) is 0 Å². The van der Waals surface area contributed by atoms with E-state index in [2.05, 4.69) is 15.6 Å². The molecule has 22 heavy (non-hydrogen) atoms. The predicted molar refractivity (Wildman–Crippen MR) is 82.0 cm³/mol. The molecule has 0 saturated heterocycles. The average molecular weight is 298 g/mol. The molecular formula is C15H14N4O3. The van der Waals surface area contributed by atoms with Gasteiger partial charge in [0, 0.05) is 29.6 Å². The van der Waals surface area contributed by atoms with Gasteiger partial charge in [-0.25, -0.2) is 4.98 Å². The van der Waals surface area contributed by atoms with E-state index in [9.17, 15) is 14.9 Å². The monoisotopic (exact) mass is 298 g/mol. The van der Waals surface area contributed by atoms with Gasteiger partial charge in [0.25, 0.3) is 0 Å². The number of rotatable bonds is 5. The summed E-state index contributed by atoms with van der Waals surface area (Å²) in [5.74, 6) is 0.299. The minimum Gasteiger partial charge on any atom is -0.334 e. The number of hydrogen-bond donors (Lipinski definition) is 2. The smallest absolute Gasteiger partial charge is 0.311 e. The summed E-state index contributed by atoms with van der Waals surface area (Å²) in [5, 5.41) is 16.7. The lowest BCUT2D eigenvalue weighted by Gasteiger charge is -2.09. The molecule has 1 aliphatic rings. The Bertz CT molecular complexity index is 728. The summed E-state index contributed by atoms with van der Waals surface area (Å²) < 4.78 is 0. The van der Waals surface area contributed by atoms with E-state index >= 15 is 0 Å². The normalized spacial score (nSPS) is 13.5. The van der Waals surface area contributed by atoms with Crippen LogP contribution in [0.5, 0.6) is 0 Å². The molecule has 7 heteroatoms. The minimum atomic E-state index is -0.492. The van der Waals surface area contributed by atoms with E-state index < -0.39 is 4.92 Å². The number of amides is 1. The maximum atomic E-state index is 11.8. The third-order valence-electron chi connectivity index (χ3n) is 3.32. The number of aromatic nitrogens is 1. The SMILES string of the molecule is O=C(Nc1cccc(Nc2ncccc2[N+](=O)[O-])c1)C1CC1. The lowest BCUT2D eigenvalue weighted by molar-refractivity contribution is -0.384. The highest BCUT2D eigenvalue weighted by molar-refractivity contribution is 5.94. The Morgan fingerprint density at radius 2 is 2.00 bits per heavy atom. The molecule has 2 aromatic rings. The summed E-state index contributed by atoms with van der Waals surface area (Å²) >= 11 is 0. The molecule has 1 aliphatic carbocycles. The van der Waals surface area contributed by atoms with Crippen molar-refractivity contribution in [3.63, 3.8) is 0 Å². The van der Waals surface area contributed by atoms with Crippen molar-refractivity contribution in [2.24, 2.45) is 5.92 Å². The summed E-state index contributed by atoms with van der Waals surface area (Å²) in [6, 6.07) is 9.91. The van der Waals surface area contributed by atoms with E-state index in [0.717, 1.165) is 12.8 Å². The fourth-order valence-electron chi connectivity index (χ4n) is 2.04. The van der Waals surface area contributed by atoms with Gasteiger partial charge in [-0.15, -0.1) is 0 Å². The van der Waals surface area contributed by atoms with Gasteiger partial charge < -0.3 is 10.6 Å². The molecule has 0 aliphatic heterocycles. The molecule has 7 nitrogen and oxygen atoms in total. The van der Waals surface area contributed by atoms with Gasteiger partial charge >= 0.3 is 5.69 Å². The average Bonchev–Trinajstić information content (AvgIpc) is 3.32. The van der Waals surface area contributed by atoms with Gasteiger partial charge in [0.15, 0.2) is 0 Å². The molecule has 1 heterocycles. The quantitative estimate of drug-likeness (QED) is 0.653. The number of carbonyl (C=O) groups is 1. The Labute approximate surface area is 126 Å². The van der Waals surface area contributed by atoms with Crippen LogP contribution in [0.3, 0.4) is 0 Å². The van der Waals surface area contributed by atoms with E-state index in [1.54, 1.807) is 24.3 Å². The van der Waals surface area contributed by atoms with E-state index in [1.165, 1.54) is 18.3 Å². The first-order chi connectivity index (χ1) is 10.6. The van der Waals surface area contributed by atoms with Gasteiger partial charge in [-0.2, -0.15) is 0 Å².